The van der Waals surface area contributed by atoms with Gasteiger partial charge in [-0.15, -0.1) is 0 Å². The highest BCUT2D eigenvalue weighted by molar-refractivity contribution is 6.30. The van der Waals surface area contributed by atoms with Crippen molar-refractivity contribution in [2.75, 3.05) is 14.1 Å². The molecule has 0 bridgehead atoms. The first kappa shape index (κ1) is 15.4. The molecule has 0 heterocycles. The van der Waals surface area contributed by atoms with Crippen LogP contribution in [0.1, 0.15) is 6.42 Å². The lowest BCUT2D eigenvalue weighted by atomic mass is 10.0. The second kappa shape index (κ2) is 6.18. The average Bonchev–Trinajstić information content (AvgIpc) is 2.44. The van der Waals surface area contributed by atoms with Gasteiger partial charge in [0.1, 0.15) is 5.75 Å². The zero-order valence-corrected chi connectivity index (χ0v) is 12.5. The topological polar surface area (TPSA) is 41.6 Å². The zero-order chi connectivity index (χ0) is 15.5. The van der Waals surface area contributed by atoms with Gasteiger partial charge in [0.15, 0.2) is 5.83 Å². The normalized spacial score (nSPS) is 20.7. The van der Waals surface area contributed by atoms with Crippen LogP contribution in [0.4, 0.5) is 9.18 Å². The Balaban J connectivity index is 2.28. The molecule has 1 atom stereocenters. The number of rotatable bonds is 3. The second-order valence-electron chi connectivity index (χ2n) is 4.85. The molecule has 21 heavy (non-hydrogen) atoms. The molecule has 0 fully saturated rings. The van der Waals surface area contributed by atoms with Crippen LogP contribution < -0.4 is 10.1 Å². The van der Waals surface area contributed by atoms with Crippen molar-refractivity contribution >= 4 is 17.6 Å². The van der Waals surface area contributed by atoms with Gasteiger partial charge >= 0.3 is 6.03 Å². The van der Waals surface area contributed by atoms with Gasteiger partial charge in [0, 0.05) is 25.5 Å². The molecule has 0 saturated heterocycles. The molecule has 0 aromatic heterocycles. The lowest BCUT2D eigenvalue weighted by Crippen LogP contribution is -2.56. The Labute approximate surface area is 127 Å². The van der Waals surface area contributed by atoms with Gasteiger partial charge in [0.05, 0.1) is 0 Å². The molecule has 2 amide bonds. The minimum Gasteiger partial charge on any atom is -0.461 e. The summed E-state index contributed by atoms with van der Waals surface area (Å²) in [5, 5.41) is 3.13. The van der Waals surface area contributed by atoms with Gasteiger partial charge in [0.25, 0.3) is 0 Å². The summed E-state index contributed by atoms with van der Waals surface area (Å²) in [6.07, 6.45) is 4.78. The van der Waals surface area contributed by atoms with E-state index in [1.54, 1.807) is 50.5 Å². The van der Waals surface area contributed by atoms with Crippen molar-refractivity contribution in [2.24, 2.45) is 0 Å². The third-order valence-electron chi connectivity index (χ3n) is 2.99. The zero-order valence-electron chi connectivity index (χ0n) is 11.8. The van der Waals surface area contributed by atoms with Crippen molar-refractivity contribution in [2.45, 2.75) is 12.1 Å². The minimum atomic E-state index is -1.54. The van der Waals surface area contributed by atoms with Crippen molar-refractivity contribution in [3.63, 3.8) is 0 Å². The Morgan fingerprint density at radius 3 is 2.62 bits per heavy atom. The number of allylic oxidation sites excluding steroid dienone is 2. The lowest BCUT2D eigenvalue weighted by Gasteiger charge is -2.35. The van der Waals surface area contributed by atoms with Crippen molar-refractivity contribution in [1.82, 2.24) is 10.2 Å². The van der Waals surface area contributed by atoms with Crippen LogP contribution in [0.5, 0.6) is 5.75 Å². The molecule has 1 aliphatic rings. The molecule has 1 aliphatic carbocycles. The summed E-state index contributed by atoms with van der Waals surface area (Å²) in [5.41, 5.74) is -1.54. The van der Waals surface area contributed by atoms with E-state index in [-0.39, 0.29) is 6.42 Å². The largest absolute Gasteiger partial charge is 0.461 e. The van der Waals surface area contributed by atoms with Gasteiger partial charge < -0.3 is 9.64 Å². The van der Waals surface area contributed by atoms with Crippen molar-refractivity contribution in [3.05, 3.63) is 53.3 Å². The first-order valence-electron chi connectivity index (χ1n) is 6.40. The smallest absolute Gasteiger partial charge is 0.320 e. The molecular weight excluding hydrogens is 295 g/mol. The van der Waals surface area contributed by atoms with E-state index < -0.39 is 17.6 Å². The molecule has 0 saturated carbocycles. The minimum absolute atomic E-state index is 0.192. The molecule has 1 aromatic rings. The van der Waals surface area contributed by atoms with Gasteiger partial charge in [-0.3, -0.25) is 5.32 Å². The summed E-state index contributed by atoms with van der Waals surface area (Å²) in [5.74, 6) is -0.146. The highest BCUT2D eigenvalue weighted by Gasteiger charge is 2.40. The number of urea groups is 1. The molecule has 0 aliphatic heterocycles. The number of halogens is 2. The molecular formula is C15H16ClFN2O2. The van der Waals surface area contributed by atoms with E-state index in [0.717, 1.165) is 0 Å². The van der Waals surface area contributed by atoms with E-state index >= 15 is 0 Å². The van der Waals surface area contributed by atoms with E-state index in [9.17, 15) is 9.18 Å². The molecule has 0 spiro atoms. The van der Waals surface area contributed by atoms with Crippen LogP contribution in [0.15, 0.2) is 48.3 Å². The molecule has 1 unspecified atom stereocenters. The van der Waals surface area contributed by atoms with Crippen LogP contribution in [0, 0.1) is 0 Å². The number of carbonyl (C=O) groups excluding carboxylic acids is 1. The van der Waals surface area contributed by atoms with Crippen molar-refractivity contribution in [3.8, 4) is 5.75 Å². The van der Waals surface area contributed by atoms with E-state index in [2.05, 4.69) is 5.32 Å². The van der Waals surface area contributed by atoms with Gasteiger partial charge in [-0.25, -0.2) is 9.18 Å². The number of amides is 2. The number of nitrogens with zero attached hydrogens (tertiary/aromatic N) is 1. The van der Waals surface area contributed by atoms with Crippen LogP contribution in [0.3, 0.4) is 0 Å². The first-order valence-corrected chi connectivity index (χ1v) is 6.77. The van der Waals surface area contributed by atoms with Crippen LogP contribution in [-0.4, -0.2) is 30.8 Å². The summed E-state index contributed by atoms with van der Waals surface area (Å²) in [6, 6.07) is 6.08. The molecule has 0 radical (unpaired) electrons. The Kier molecular flexibility index (Phi) is 4.53. The molecule has 1 N–H and O–H groups in total. The van der Waals surface area contributed by atoms with Crippen LogP contribution >= 0.6 is 11.6 Å². The fraction of sp³-hybridized carbons (Fsp3) is 0.267. The third-order valence-corrected chi connectivity index (χ3v) is 3.24. The van der Waals surface area contributed by atoms with Crippen LogP contribution in [0.25, 0.3) is 0 Å². The van der Waals surface area contributed by atoms with Crippen LogP contribution in [-0.2, 0) is 0 Å². The number of nitrogens with one attached hydrogen (secondary N) is 1. The van der Waals surface area contributed by atoms with Gasteiger partial charge in [-0.1, -0.05) is 23.8 Å². The highest BCUT2D eigenvalue weighted by Crippen LogP contribution is 2.31. The standard InChI is InChI=1S/C15H16ClFN2O2/c1-19(2)14(20)18-15(10-4-3-5-13(15)17)21-12-8-6-11(16)7-9-12/h3-9H,10H2,1-2H3,(H,18,20). The predicted molar refractivity (Wildman–Crippen MR) is 80.0 cm³/mol. The summed E-state index contributed by atoms with van der Waals surface area (Å²) < 4.78 is 20.0. The van der Waals surface area contributed by atoms with Crippen molar-refractivity contribution < 1.29 is 13.9 Å². The third kappa shape index (κ3) is 3.55. The maximum atomic E-state index is 14.3. The maximum Gasteiger partial charge on any atom is 0.320 e. The van der Waals surface area contributed by atoms with Gasteiger partial charge in [-0.2, -0.15) is 0 Å². The fourth-order valence-electron chi connectivity index (χ4n) is 1.83. The Hall–Kier alpha value is -2.01. The summed E-state index contributed by atoms with van der Waals surface area (Å²) in [7, 11) is 3.15. The van der Waals surface area contributed by atoms with E-state index in [1.807, 2.05) is 0 Å². The predicted octanol–water partition coefficient (Wildman–Crippen LogP) is 3.50. The number of hydrogen-bond donors (Lipinski definition) is 1. The number of hydrogen-bond acceptors (Lipinski definition) is 2. The Morgan fingerprint density at radius 1 is 1.38 bits per heavy atom. The molecule has 4 nitrogen and oxygen atoms in total. The number of benzene rings is 1. The monoisotopic (exact) mass is 310 g/mol. The second-order valence-corrected chi connectivity index (χ2v) is 5.29. The average molecular weight is 311 g/mol. The van der Waals surface area contributed by atoms with E-state index in [1.165, 1.54) is 11.0 Å². The number of ether oxygens (including phenoxy) is 1. The highest BCUT2D eigenvalue weighted by atomic mass is 35.5. The van der Waals surface area contributed by atoms with Gasteiger partial charge in [0.2, 0.25) is 5.72 Å². The SMILES string of the molecule is CN(C)C(=O)NC1(Oc2ccc(Cl)cc2)CC=CC=C1F. The molecule has 112 valence electrons. The van der Waals surface area contributed by atoms with Gasteiger partial charge in [-0.05, 0) is 30.3 Å². The van der Waals surface area contributed by atoms with E-state index in [4.69, 9.17) is 16.3 Å². The maximum absolute atomic E-state index is 14.3. The Morgan fingerprint density at radius 2 is 2.05 bits per heavy atom. The summed E-state index contributed by atoms with van der Waals surface area (Å²) >= 11 is 5.82. The summed E-state index contributed by atoms with van der Waals surface area (Å²) in [6.45, 7) is 0. The Bertz CT molecular complexity index is 584. The number of carbonyl (C=O) groups is 1. The van der Waals surface area contributed by atoms with E-state index in [0.29, 0.717) is 10.8 Å². The lowest BCUT2D eigenvalue weighted by molar-refractivity contribution is 0.0540. The summed E-state index contributed by atoms with van der Waals surface area (Å²) in [4.78, 5) is 13.2. The quantitative estimate of drug-likeness (QED) is 0.868. The first-order chi connectivity index (χ1) is 9.93. The molecule has 1 aromatic carbocycles. The molecule has 2 rings (SSSR count). The van der Waals surface area contributed by atoms with Crippen LogP contribution in [0.2, 0.25) is 5.02 Å². The fourth-order valence-corrected chi connectivity index (χ4v) is 1.96. The molecule has 6 heteroatoms. The van der Waals surface area contributed by atoms with Crippen molar-refractivity contribution in [1.29, 1.82) is 0 Å².